The second-order valence-corrected chi connectivity index (χ2v) is 29.2. The molecule has 9 N–H and O–H groups in total. The Morgan fingerprint density at radius 2 is 0.700 bits per heavy atom. The average molecular weight is 1410 g/mol. The van der Waals surface area contributed by atoms with Gasteiger partial charge in [-0.25, -0.2) is 0 Å². The molecule has 2 saturated heterocycles. The maximum Gasteiger partial charge on any atom is 0.220 e. The predicted molar refractivity (Wildman–Crippen MR) is 415 cm³/mol. The molecule has 0 spiro atoms. The van der Waals surface area contributed by atoms with Gasteiger partial charge in [-0.3, -0.25) is 4.79 Å². The molecule has 0 saturated carbocycles. The highest BCUT2D eigenvalue weighted by Gasteiger charge is 2.51. The number of aliphatic hydroxyl groups is 8. The van der Waals surface area contributed by atoms with Crippen molar-refractivity contribution in [2.75, 3.05) is 19.8 Å². The molecule has 100 heavy (non-hydrogen) atoms. The van der Waals surface area contributed by atoms with Crippen LogP contribution >= 0.6 is 0 Å². The number of rotatable bonds is 70. The predicted octanol–water partition coefficient (Wildman–Crippen LogP) is 19.5. The summed E-state index contributed by atoms with van der Waals surface area (Å²) in [6.07, 6.45) is 81.1. The van der Waals surface area contributed by atoms with Crippen LogP contribution in [0.1, 0.15) is 361 Å². The fourth-order valence-corrected chi connectivity index (χ4v) is 13.5. The van der Waals surface area contributed by atoms with Crippen molar-refractivity contribution in [1.82, 2.24) is 5.32 Å². The highest BCUT2D eigenvalue weighted by Crippen LogP contribution is 2.30. The molecule has 2 rings (SSSR count). The zero-order valence-corrected chi connectivity index (χ0v) is 63.9. The number of aliphatic hydroxyl groups excluding tert-OH is 8. The molecule has 582 valence electrons. The second-order valence-electron chi connectivity index (χ2n) is 29.2. The van der Waals surface area contributed by atoms with E-state index in [1.807, 2.05) is 6.08 Å². The Balaban J connectivity index is 1.59. The van der Waals surface area contributed by atoms with Crippen LogP contribution in [-0.4, -0.2) is 140 Å². The first-order chi connectivity index (χ1) is 49.1. The van der Waals surface area contributed by atoms with Crippen LogP contribution < -0.4 is 5.32 Å². The summed E-state index contributed by atoms with van der Waals surface area (Å²) < 4.78 is 22.9. The Hall–Kier alpha value is -2.83. The van der Waals surface area contributed by atoms with Crippen molar-refractivity contribution >= 4 is 5.91 Å². The zero-order valence-electron chi connectivity index (χ0n) is 63.9. The molecule has 14 nitrogen and oxygen atoms in total. The van der Waals surface area contributed by atoms with Gasteiger partial charge in [-0.1, -0.05) is 362 Å². The topological polar surface area (TPSA) is 228 Å². The van der Waals surface area contributed by atoms with Crippen molar-refractivity contribution in [2.24, 2.45) is 0 Å². The van der Waals surface area contributed by atoms with E-state index in [4.69, 9.17) is 18.9 Å². The molecule has 0 aromatic rings. The molecule has 2 fully saturated rings. The van der Waals surface area contributed by atoms with E-state index in [0.29, 0.717) is 12.8 Å². The molecule has 0 bridgehead atoms. The first-order valence-corrected chi connectivity index (χ1v) is 41.8. The van der Waals surface area contributed by atoms with Gasteiger partial charge in [0, 0.05) is 6.42 Å². The van der Waals surface area contributed by atoms with E-state index < -0.39 is 86.8 Å². The number of nitrogens with one attached hydrogen (secondary N) is 1. The van der Waals surface area contributed by atoms with Crippen LogP contribution in [0.3, 0.4) is 0 Å². The average Bonchev–Trinajstić information content (AvgIpc) is 0.796. The van der Waals surface area contributed by atoms with Crippen LogP contribution in [0, 0.1) is 0 Å². The number of allylic oxidation sites excluding steroid dienone is 13. The summed E-state index contributed by atoms with van der Waals surface area (Å²) in [4.78, 5) is 13.4. The van der Waals surface area contributed by atoms with Crippen LogP contribution in [0.15, 0.2) is 85.1 Å². The van der Waals surface area contributed by atoms with Gasteiger partial charge in [-0.05, 0) is 77.0 Å². The normalized spacial score (nSPS) is 22.3. The number of amides is 1. The molecular weight excluding hydrogens is 1250 g/mol. The highest BCUT2D eigenvalue weighted by atomic mass is 16.7. The van der Waals surface area contributed by atoms with Crippen molar-refractivity contribution in [3.63, 3.8) is 0 Å². The van der Waals surface area contributed by atoms with Gasteiger partial charge in [0.25, 0.3) is 0 Å². The van der Waals surface area contributed by atoms with Gasteiger partial charge in [0.05, 0.1) is 32.0 Å². The van der Waals surface area contributed by atoms with Crippen LogP contribution in [0.2, 0.25) is 0 Å². The second kappa shape index (κ2) is 69.2. The van der Waals surface area contributed by atoms with Crippen LogP contribution in [0.5, 0.6) is 0 Å². The third kappa shape index (κ3) is 51.4. The third-order valence-electron chi connectivity index (χ3n) is 20.1. The molecule has 1 amide bonds. The summed E-state index contributed by atoms with van der Waals surface area (Å²) in [5, 5.41) is 87.7. The monoisotopic (exact) mass is 1410 g/mol. The summed E-state index contributed by atoms with van der Waals surface area (Å²) >= 11 is 0. The summed E-state index contributed by atoms with van der Waals surface area (Å²) in [6.45, 7) is 2.72. The molecule has 0 aromatic carbocycles. The summed E-state index contributed by atoms with van der Waals surface area (Å²) in [6, 6.07) is -0.935. The molecular formula is C86H155NO13. The number of carbonyl (C=O) groups excluding carboxylic acids is 1. The molecule has 14 heteroatoms. The third-order valence-corrected chi connectivity index (χ3v) is 20.1. The molecule has 2 aliphatic rings. The zero-order chi connectivity index (χ0) is 72.2. The highest BCUT2D eigenvalue weighted by molar-refractivity contribution is 5.76. The van der Waals surface area contributed by atoms with Crippen LogP contribution in [0.25, 0.3) is 0 Å². The SMILES string of the molecule is CC/C=C\C/C=C\C/C=C\C/C=C\C/C=C\CCCCCCCCCCCCCCCCCCCCCCCCCC(=O)NC(COC1OC(CO)C(OC2OC(CO)C(O)C(O)C2O)C(O)C1O)C(O)/C=C/CC/C=C/CCCCCCCCCCCCCCCCCCCCCCC. The summed E-state index contributed by atoms with van der Waals surface area (Å²) in [7, 11) is 0. The number of hydrogen-bond acceptors (Lipinski definition) is 13. The van der Waals surface area contributed by atoms with Gasteiger partial charge in [0.1, 0.15) is 48.8 Å². The first kappa shape index (κ1) is 93.3. The fourth-order valence-electron chi connectivity index (χ4n) is 13.5. The van der Waals surface area contributed by atoms with E-state index in [0.717, 1.165) is 64.2 Å². The van der Waals surface area contributed by atoms with E-state index in [-0.39, 0.29) is 18.9 Å². The first-order valence-electron chi connectivity index (χ1n) is 41.8. The lowest BCUT2D eigenvalue weighted by atomic mass is 9.97. The molecule has 12 unspecified atom stereocenters. The lowest BCUT2D eigenvalue weighted by molar-refractivity contribution is -0.359. The number of unbranched alkanes of at least 4 members (excludes halogenated alkanes) is 45. The Bertz CT molecular complexity index is 2010. The van der Waals surface area contributed by atoms with E-state index in [1.54, 1.807) is 6.08 Å². The lowest BCUT2D eigenvalue weighted by Gasteiger charge is -2.46. The fraction of sp³-hybridized carbons (Fsp3) is 0.826. The van der Waals surface area contributed by atoms with E-state index in [9.17, 15) is 45.6 Å². The lowest BCUT2D eigenvalue weighted by Crippen LogP contribution is -2.65. The molecule has 0 aromatic heterocycles. The minimum Gasteiger partial charge on any atom is -0.394 e. The molecule has 2 aliphatic heterocycles. The molecule has 12 atom stereocenters. The van der Waals surface area contributed by atoms with E-state index in [1.165, 1.54) is 263 Å². The Morgan fingerprint density at radius 3 is 1.10 bits per heavy atom. The quantitative estimate of drug-likeness (QED) is 0.0204. The smallest absolute Gasteiger partial charge is 0.220 e. The Morgan fingerprint density at radius 1 is 0.370 bits per heavy atom. The molecule has 0 radical (unpaired) electrons. The van der Waals surface area contributed by atoms with Gasteiger partial charge in [-0.15, -0.1) is 0 Å². The largest absolute Gasteiger partial charge is 0.394 e. The summed E-state index contributed by atoms with van der Waals surface area (Å²) in [5.74, 6) is -0.243. The van der Waals surface area contributed by atoms with Gasteiger partial charge < -0.3 is 65.1 Å². The maximum atomic E-state index is 13.4. The summed E-state index contributed by atoms with van der Waals surface area (Å²) in [5.41, 5.74) is 0. The minimum atomic E-state index is -1.79. The number of hydrogen-bond donors (Lipinski definition) is 9. The molecule has 0 aliphatic carbocycles. The van der Waals surface area contributed by atoms with Crippen LogP contribution in [-0.2, 0) is 23.7 Å². The Labute approximate surface area is 611 Å². The van der Waals surface area contributed by atoms with Crippen LogP contribution in [0.4, 0.5) is 0 Å². The Kier molecular flexibility index (Phi) is 64.6. The molecule has 2 heterocycles. The standard InChI is InChI=1S/C86H155NO13/c1-3-5-7-9-11-13-15-17-19-21-23-25-27-29-31-32-33-34-35-36-37-38-39-40-41-42-44-46-48-50-52-54-56-58-60-62-64-66-68-70-78(91)87-74(73-97-85-83(96)81(94)84(77(72-89)99-85)100-86-82(95)80(93)79(92)76(71-88)98-86)75(90)69-67-65-63-61-59-57-55-53-51-49-47-45-43-30-28-26-24-22-20-18-16-14-12-10-8-6-4-2/h5,7,11,13,17,19,23,25,29,31,59,61,67,69,74-77,79-86,88-90,92-96H,3-4,6,8-10,12,14-16,18,20-22,24,26-28,30,32-58,60,62-66,68,70-73H2,1-2H3,(H,87,91)/b7-5-,13-11-,19-17-,25-23-,31-29-,61-59+,69-67+. The van der Waals surface area contributed by atoms with Crippen molar-refractivity contribution in [3.05, 3.63) is 85.1 Å². The van der Waals surface area contributed by atoms with E-state index >= 15 is 0 Å². The van der Waals surface area contributed by atoms with Gasteiger partial charge in [0.15, 0.2) is 12.6 Å². The minimum absolute atomic E-state index is 0.243. The maximum absolute atomic E-state index is 13.4. The van der Waals surface area contributed by atoms with E-state index in [2.05, 4.69) is 92.1 Å². The number of ether oxygens (including phenoxy) is 4. The van der Waals surface area contributed by atoms with Crippen molar-refractivity contribution in [3.8, 4) is 0 Å². The van der Waals surface area contributed by atoms with Gasteiger partial charge in [-0.2, -0.15) is 0 Å². The van der Waals surface area contributed by atoms with Gasteiger partial charge in [0.2, 0.25) is 5.91 Å². The van der Waals surface area contributed by atoms with Crippen molar-refractivity contribution in [1.29, 1.82) is 0 Å². The van der Waals surface area contributed by atoms with Gasteiger partial charge >= 0.3 is 0 Å². The van der Waals surface area contributed by atoms with Crippen molar-refractivity contribution < 1.29 is 64.6 Å². The van der Waals surface area contributed by atoms with Crippen molar-refractivity contribution in [2.45, 2.75) is 434 Å². The number of carbonyl (C=O) groups is 1.